The van der Waals surface area contributed by atoms with E-state index in [0.717, 1.165) is 41.4 Å². The summed E-state index contributed by atoms with van der Waals surface area (Å²) in [5.74, 6) is 2.51. The highest BCUT2D eigenvalue weighted by Gasteiger charge is 2.11. The van der Waals surface area contributed by atoms with Gasteiger partial charge >= 0.3 is 0 Å². The molecule has 0 bridgehead atoms. The summed E-state index contributed by atoms with van der Waals surface area (Å²) in [6.45, 7) is 4.22. The third-order valence-corrected chi connectivity index (χ3v) is 3.54. The van der Waals surface area contributed by atoms with Gasteiger partial charge < -0.3 is 19.2 Å². The molecule has 1 aromatic heterocycles. The first-order chi connectivity index (χ1) is 10.1. The fourth-order valence-electron chi connectivity index (χ4n) is 2.29. The predicted molar refractivity (Wildman–Crippen MR) is 84.4 cm³/mol. The van der Waals surface area contributed by atoms with Gasteiger partial charge in [0.15, 0.2) is 11.5 Å². The van der Waals surface area contributed by atoms with Crippen molar-refractivity contribution in [2.75, 3.05) is 19.5 Å². The van der Waals surface area contributed by atoms with Crippen LogP contribution in [0, 0.1) is 6.92 Å². The first-order valence-electron chi connectivity index (χ1n) is 7.15. The van der Waals surface area contributed by atoms with Gasteiger partial charge in [0.05, 0.1) is 20.5 Å². The van der Waals surface area contributed by atoms with Crippen molar-refractivity contribution in [3.05, 3.63) is 41.9 Å². The minimum atomic E-state index is 0.340. The zero-order chi connectivity index (χ0) is 15.2. The Morgan fingerprint density at radius 2 is 1.90 bits per heavy atom. The molecule has 0 aliphatic heterocycles. The van der Waals surface area contributed by atoms with Crippen molar-refractivity contribution >= 4 is 5.69 Å². The molecule has 0 aliphatic carbocycles. The van der Waals surface area contributed by atoms with Crippen molar-refractivity contribution in [2.45, 2.75) is 32.7 Å². The number of hydrogen-bond acceptors (Lipinski definition) is 4. The average Bonchev–Trinajstić information content (AvgIpc) is 3.00. The molecule has 0 radical (unpaired) electrons. The van der Waals surface area contributed by atoms with E-state index in [4.69, 9.17) is 13.9 Å². The first-order valence-corrected chi connectivity index (χ1v) is 7.15. The summed E-state index contributed by atoms with van der Waals surface area (Å²) in [7, 11) is 3.30. The Balaban J connectivity index is 2.01. The van der Waals surface area contributed by atoms with Gasteiger partial charge in [0.2, 0.25) is 0 Å². The Morgan fingerprint density at radius 1 is 1.19 bits per heavy atom. The lowest BCUT2D eigenvalue weighted by Gasteiger charge is -2.18. The van der Waals surface area contributed by atoms with Gasteiger partial charge in [-0.2, -0.15) is 0 Å². The highest BCUT2D eigenvalue weighted by Crippen LogP contribution is 2.33. The summed E-state index contributed by atoms with van der Waals surface area (Å²) in [5.41, 5.74) is 2.21. The molecule has 4 heteroatoms. The highest BCUT2D eigenvalue weighted by atomic mass is 16.5. The molecular weight excluding hydrogens is 266 g/mol. The van der Waals surface area contributed by atoms with Gasteiger partial charge in [0, 0.05) is 24.2 Å². The Hall–Kier alpha value is -2.10. The minimum Gasteiger partial charge on any atom is -0.493 e. The quantitative estimate of drug-likeness (QED) is 0.835. The smallest absolute Gasteiger partial charge is 0.162 e. The maximum Gasteiger partial charge on any atom is 0.162 e. The molecule has 21 heavy (non-hydrogen) atoms. The van der Waals surface area contributed by atoms with Gasteiger partial charge in [-0.1, -0.05) is 0 Å². The third-order valence-electron chi connectivity index (χ3n) is 3.54. The van der Waals surface area contributed by atoms with Crippen molar-refractivity contribution < 1.29 is 13.9 Å². The lowest BCUT2D eigenvalue weighted by molar-refractivity contribution is 0.355. The van der Waals surface area contributed by atoms with Crippen molar-refractivity contribution in [1.82, 2.24) is 0 Å². The fraction of sp³-hybridized carbons (Fsp3) is 0.412. The maximum absolute atomic E-state index is 5.36. The second-order valence-corrected chi connectivity index (χ2v) is 5.19. The molecule has 1 aromatic carbocycles. The summed E-state index contributed by atoms with van der Waals surface area (Å²) in [6, 6.07) is 8.24. The molecule has 0 saturated carbocycles. The zero-order valence-electron chi connectivity index (χ0n) is 13.1. The summed E-state index contributed by atoms with van der Waals surface area (Å²) >= 11 is 0. The summed E-state index contributed by atoms with van der Waals surface area (Å²) in [6.07, 6.45) is 3.64. The van der Waals surface area contributed by atoms with Crippen LogP contribution >= 0.6 is 0 Å². The van der Waals surface area contributed by atoms with E-state index in [-0.39, 0.29) is 0 Å². The van der Waals surface area contributed by atoms with Gasteiger partial charge in [-0.3, -0.25) is 0 Å². The first kappa shape index (κ1) is 15.3. The number of anilines is 1. The SMILES string of the molecule is COc1cc(C)c(NC(C)CCc2ccco2)cc1OC. The van der Waals surface area contributed by atoms with E-state index in [0.29, 0.717) is 6.04 Å². The number of hydrogen-bond donors (Lipinski definition) is 1. The number of benzene rings is 1. The normalized spacial score (nSPS) is 12.0. The van der Waals surface area contributed by atoms with Crippen molar-refractivity contribution in [2.24, 2.45) is 0 Å². The molecular formula is C17H23NO3. The van der Waals surface area contributed by atoms with E-state index in [1.165, 1.54) is 0 Å². The summed E-state index contributed by atoms with van der Waals surface area (Å²) < 4.78 is 16.0. The van der Waals surface area contributed by atoms with Crippen LogP contribution in [0.2, 0.25) is 0 Å². The molecule has 1 N–H and O–H groups in total. The minimum absolute atomic E-state index is 0.340. The molecule has 2 aromatic rings. The van der Waals surface area contributed by atoms with Gasteiger partial charge in [-0.25, -0.2) is 0 Å². The molecule has 1 atom stereocenters. The van der Waals surface area contributed by atoms with E-state index >= 15 is 0 Å². The lowest BCUT2D eigenvalue weighted by atomic mass is 10.1. The second-order valence-electron chi connectivity index (χ2n) is 5.19. The van der Waals surface area contributed by atoms with E-state index in [2.05, 4.69) is 19.2 Å². The molecule has 0 fully saturated rings. The average molecular weight is 289 g/mol. The van der Waals surface area contributed by atoms with Crippen molar-refractivity contribution in [1.29, 1.82) is 0 Å². The van der Waals surface area contributed by atoms with Crippen LogP contribution in [-0.2, 0) is 6.42 Å². The topological polar surface area (TPSA) is 43.6 Å². The Morgan fingerprint density at radius 3 is 2.52 bits per heavy atom. The third kappa shape index (κ3) is 3.94. The molecule has 0 spiro atoms. The Labute approximate surface area is 126 Å². The monoisotopic (exact) mass is 289 g/mol. The number of furan rings is 1. The van der Waals surface area contributed by atoms with Crippen molar-refractivity contribution in [3.63, 3.8) is 0 Å². The largest absolute Gasteiger partial charge is 0.493 e. The second kappa shape index (κ2) is 7.07. The van der Waals surface area contributed by atoms with Crippen LogP contribution in [0.1, 0.15) is 24.7 Å². The molecule has 0 amide bonds. The zero-order valence-corrected chi connectivity index (χ0v) is 13.1. The van der Waals surface area contributed by atoms with Crippen LogP contribution in [-0.4, -0.2) is 20.3 Å². The molecule has 1 unspecified atom stereocenters. The van der Waals surface area contributed by atoms with Gasteiger partial charge in [0.1, 0.15) is 5.76 Å². The van der Waals surface area contributed by atoms with Crippen LogP contribution in [0.5, 0.6) is 11.5 Å². The van der Waals surface area contributed by atoms with Crippen LogP contribution in [0.25, 0.3) is 0 Å². The van der Waals surface area contributed by atoms with Crippen LogP contribution in [0.15, 0.2) is 34.9 Å². The van der Waals surface area contributed by atoms with E-state index < -0.39 is 0 Å². The van der Waals surface area contributed by atoms with Crippen LogP contribution in [0.4, 0.5) is 5.69 Å². The highest BCUT2D eigenvalue weighted by molar-refractivity contribution is 5.60. The summed E-state index contributed by atoms with van der Waals surface area (Å²) in [4.78, 5) is 0. The fourth-order valence-corrected chi connectivity index (χ4v) is 2.29. The molecule has 1 heterocycles. The molecule has 0 aliphatic rings. The Bertz CT molecular complexity index is 564. The van der Waals surface area contributed by atoms with Crippen LogP contribution < -0.4 is 14.8 Å². The van der Waals surface area contributed by atoms with Gasteiger partial charge in [-0.15, -0.1) is 0 Å². The van der Waals surface area contributed by atoms with E-state index in [9.17, 15) is 0 Å². The molecule has 4 nitrogen and oxygen atoms in total. The number of methoxy groups -OCH3 is 2. The molecule has 2 rings (SSSR count). The lowest BCUT2D eigenvalue weighted by Crippen LogP contribution is -2.16. The number of nitrogens with one attached hydrogen (secondary N) is 1. The summed E-state index contributed by atoms with van der Waals surface area (Å²) in [5, 5.41) is 3.52. The number of rotatable bonds is 7. The number of ether oxygens (including phenoxy) is 2. The molecule has 114 valence electrons. The van der Waals surface area contributed by atoms with E-state index in [1.807, 2.05) is 24.3 Å². The van der Waals surface area contributed by atoms with E-state index in [1.54, 1.807) is 20.5 Å². The van der Waals surface area contributed by atoms with Crippen LogP contribution in [0.3, 0.4) is 0 Å². The van der Waals surface area contributed by atoms with Gasteiger partial charge in [0.25, 0.3) is 0 Å². The van der Waals surface area contributed by atoms with Crippen molar-refractivity contribution in [3.8, 4) is 11.5 Å². The Kier molecular flexibility index (Phi) is 5.14. The van der Waals surface area contributed by atoms with Gasteiger partial charge in [-0.05, 0) is 44.0 Å². The maximum atomic E-state index is 5.36. The number of aryl methyl sites for hydroxylation is 2. The standard InChI is InChI=1S/C17H23NO3/c1-12-10-16(19-3)17(20-4)11-15(12)18-13(2)7-8-14-6-5-9-21-14/h5-6,9-11,13,18H,7-8H2,1-4H3. The predicted octanol–water partition coefficient (Wildman–Crippen LogP) is 4.04. The molecule has 0 saturated heterocycles.